The largest absolute Gasteiger partial charge is 0.497 e. The number of carbonyl (C=O) groups is 1. The molecule has 8 nitrogen and oxygen atoms in total. The van der Waals surface area contributed by atoms with E-state index in [1.807, 2.05) is 73.3 Å². The maximum absolute atomic E-state index is 12.5. The van der Waals surface area contributed by atoms with E-state index in [0.717, 1.165) is 34.7 Å². The summed E-state index contributed by atoms with van der Waals surface area (Å²) in [6, 6.07) is 15.7. The van der Waals surface area contributed by atoms with Gasteiger partial charge in [0.2, 0.25) is 5.91 Å². The highest BCUT2D eigenvalue weighted by Gasteiger charge is 2.21. The minimum absolute atomic E-state index is 0.0834. The zero-order valence-electron chi connectivity index (χ0n) is 19.8. The lowest BCUT2D eigenvalue weighted by Gasteiger charge is -2.09. The van der Waals surface area contributed by atoms with E-state index in [-0.39, 0.29) is 11.7 Å². The minimum atomic E-state index is -0.0834. The number of amides is 1. The maximum Gasteiger partial charge on any atom is 0.234 e. The molecule has 0 saturated heterocycles. The number of benzene rings is 2. The predicted molar refractivity (Wildman–Crippen MR) is 135 cm³/mol. The molecule has 0 bridgehead atoms. The molecular weight excluding hydrogens is 448 g/mol. The van der Waals surface area contributed by atoms with E-state index >= 15 is 0 Å². The number of aromatic nitrogens is 5. The van der Waals surface area contributed by atoms with Gasteiger partial charge in [-0.15, -0.1) is 10.2 Å². The molecule has 0 aliphatic heterocycles. The summed E-state index contributed by atoms with van der Waals surface area (Å²) in [5.41, 5.74) is 4.63. The van der Waals surface area contributed by atoms with Crippen molar-refractivity contribution in [1.29, 1.82) is 0 Å². The number of ether oxygens (including phenoxy) is 1. The number of hydrogen-bond donors (Lipinski definition) is 1. The number of nitrogens with one attached hydrogen (secondary N) is 1. The standard InChI is InChI=1S/C25H28N6O2S/c1-5-17-10-12-19(13-11-17)26-22(32)16-34-25-28-27-24(31(25)6-2)21-15-30(3)29-23(21)18-8-7-9-20(14-18)33-4/h7-15H,5-6,16H2,1-4H3,(H,26,32). The summed E-state index contributed by atoms with van der Waals surface area (Å²) in [5.74, 6) is 1.63. The van der Waals surface area contributed by atoms with Gasteiger partial charge < -0.3 is 14.6 Å². The molecule has 176 valence electrons. The highest BCUT2D eigenvalue weighted by atomic mass is 32.2. The van der Waals surface area contributed by atoms with Gasteiger partial charge in [-0.25, -0.2) is 0 Å². The summed E-state index contributed by atoms with van der Waals surface area (Å²) in [6.07, 6.45) is 2.90. The summed E-state index contributed by atoms with van der Waals surface area (Å²) in [6.45, 7) is 4.80. The van der Waals surface area contributed by atoms with Gasteiger partial charge in [0, 0.05) is 31.0 Å². The fourth-order valence-electron chi connectivity index (χ4n) is 3.67. The summed E-state index contributed by atoms with van der Waals surface area (Å²) in [4.78, 5) is 12.5. The van der Waals surface area contributed by atoms with Crippen LogP contribution in [0.4, 0.5) is 5.69 Å². The van der Waals surface area contributed by atoms with Crippen LogP contribution in [0.25, 0.3) is 22.6 Å². The number of thioether (sulfide) groups is 1. The van der Waals surface area contributed by atoms with Gasteiger partial charge in [0.1, 0.15) is 11.4 Å². The van der Waals surface area contributed by atoms with Crippen LogP contribution in [0.15, 0.2) is 59.9 Å². The number of nitrogens with zero attached hydrogens (tertiary/aromatic N) is 5. The second kappa shape index (κ2) is 10.6. The van der Waals surface area contributed by atoms with Gasteiger partial charge in [0.25, 0.3) is 0 Å². The lowest BCUT2D eigenvalue weighted by molar-refractivity contribution is -0.113. The van der Waals surface area contributed by atoms with Crippen molar-refractivity contribution < 1.29 is 9.53 Å². The van der Waals surface area contributed by atoms with Crippen LogP contribution in [0.1, 0.15) is 19.4 Å². The molecule has 0 aliphatic carbocycles. The van der Waals surface area contributed by atoms with Gasteiger partial charge in [0.15, 0.2) is 11.0 Å². The van der Waals surface area contributed by atoms with Crippen LogP contribution in [-0.4, -0.2) is 43.3 Å². The number of hydrogen-bond acceptors (Lipinski definition) is 6. The van der Waals surface area contributed by atoms with Gasteiger partial charge in [-0.2, -0.15) is 5.10 Å². The second-order valence-electron chi connectivity index (χ2n) is 7.73. The Bertz CT molecular complexity index is 1280. The van der Waals surface area contributed by atoms with E-state index < -0.39 is 0 Å². The van der Waals surface area contributed by atoms with Crippen molar-refractivity contribution in [2.24, 2.45) is 7.05 Å². The summed E-state index contributed by atoms with van der Waals surface area (Å²) in [5, 5.41) is 17.1. The van der Waals surface area contributed by atoms with Crippen molar-refractivity contribution in [3.8, 4) is 28.4 Å². The fraction of sp³-hybridized carbons (Fsp3) is 0.280. The third-order valence-corrected chi connectivity index (χ3v) is 6.39. The topological polar surface area (TPSA) is 86.9 Å². The van der Waals surface area contributed by atoms with E-state index in [1.165, 1.54) is 17.3 Å². The zero-order chi connectivity index (χ0) is 24.1. The first-order valence-electron chi connectivity index (χ1n) is 11.2. The molecule has 4 rings (SSSR count). The van der Waals surface area contributed by atoms with E-state index in [0.29, 0.717) is 17.5 Å². The Kier molecular flexibility index (Phi) is 7.32. The van der Waals surface area contributed by atoms with Crippen molar-refractivity contribution in [1.82, 2.24) is 24.5 Å². The monoisotopic (exact) mass is 476 g/mol. The average Bonchev–Trinajstić information content (AvgIpc) is 3.45. The van der Waals surface area contributed by atoms with Gasteiger partial charge in [-0.3, -0.25) is 9.48 Å². The quantitative estimate of drug-likeness (QED) is 0.353. The molecule has 0 atom stereocenters. The molecule has 34 heavy (non-hydrogen) atoms. The van der Waals surface area contributed by atoms with Crippen LogP contribution in [0.3, 0.4) is 0 Å². The molecule has 2 heterocycles. The first kappa shape index (κ1) is 23.6. The molecule has 9 heteroatoms. The van der Waals surface area contributed by atoms with Crippen molar-refractivity contribution in [2.45, 2.75) is 32.0 Å². The Morgan fingerprint density at radius 1 is 1.12 bits per heavy atom. The minimum Gasteiger partial charge on any atom is -0.497 e. The van der Waals surface area contributed by atoms with Crippen molar-refractivity contribution in [3.63, 3.8) is 0 Å². The number of anilines is 1. The van der Waals surface area contributed by atoms with Crippen molar-refractivity contribution >= 4 is 23.4 Å². The molecule has 0 saturated carbocycles. The van der Waals surface area contributed by atoms with Gasteiger partial charge >= 0.3 is 0 Å². The molecule has 2 aromatic heterocycles. The van der Waals surface area contributed by atoms with Crippen LogP contribution < -0.4 is 10.1 Å². The highest BCUT2D eigenvalue weighted by Crippen LogP contribution is 2.33. The first-order chi connectivity index (χ1) is 16.5. The molecule has 1 N–H and O–H groups in total. The summed E-state index contributed by atoms with van der Waals surface area (Å²) in [7, 11) is 3.53. The Hall–Kier alpha value is -3.59. The molecule has 0 radical (unpaired) electrons. The lowest BCUT2D eigenvalue weighted by Crippen LogP contribution is -2.14. The average molecular weight is 477 g/mol. The molecular formula is C25H28N6O2S. The number of carbonyl (C=O) groups excluding carboxylic acids is 1. The van der Waals surface area contributed by atoms with Gasteiger partial charge in [-0.05, 0) is 43.2 Å². The number of aryl methyl sites for hydroxylation is 2. The Morgan fingerprint density at radius 2 is 1.91 bits per heavy atom. The SMILES string of the molecule is CCc1ccc(NC(=O)CSc2nnc(-c3cn(C)nc3-c3cccc(OC)c3)n2CC)cc1. The fourth-order valence-corrected chi connectivity index (χ4v) is 4.47. The van der Waals surface area contributed by atoms with Crippen LogP contribution in [0.2, 0.25) is 0 Å². The Labute approximate surface area is 203 Å². The van der Waals surface area contributed by atoms with E-state index in [9.17, 15) is 4.79 Å². The Balaban J connectivity index is 1.53. The van der Waals surface area contributed by atoms with Crippen molar-refractivity contribution in [3.05, 3.63) is 60.3 Å². The summed E-state index contributed by atoms with van der Waals surface area (Å²) < 4.78 is 9.15. The maximum atomic E-state index is 12.5. The molecule has 0 aliphatic rings. The van der Waals surface area contributed by atoms with Gasteiger partial charge in [0.05, 0.1) is 18.4 Å². The number of methoxy groups -OCH3 is 1. The van der Waals surface area contributed by atoms with E-state index in [1.54, 1.807) is 11.8 Å². The molecule has 0 unspecified atom stereocenters. The third-order valence-electron chi connectivity index (χ3n) is 5.42. The smallest absolute Gasteiger partial charge is 0.234 e. The second-order valence-corrected chi connectivity index (χ2v) is 8.68. The lowest BCUT2D eigenvalue weighted by atomic mass is 10.1. The van der Waals surface area contributed by atoms with E-state index in [2.05, 4.69) is 27.5 Å². The van der Waals surface area contributed by atoms with Crippen LogP contribution >= 0.6 is 11.8 Å². The Morgan fingerprint density at radius 3 is 2.62 bits per heavy atom. The third kappa shape index (κ3) is 5.14. The van der Waals surface area contributed by atoms with Gasteiger partial charge in [-0.1, -0.05) is 43.0 Å². The van der Waals surface area contributed by atoms with E-state index in [4.69, 9.17) is 4.74 Å². The highest BCUT2D eigenvalue weighted by molar-refractivity contribution is 7.99. The van der Waals surface area contributed by atoms with Crippen LogP contribution in [0.5, 0.6) is 5.75 Å². The number of rotatable bonds is 9. The van der Waals surface area contributed by atoms with Crippen LogP contribution in [-0.2, 0) is 24.8 Å². The normalized spacial score (nSPS) is 10.9. The van der Waals surface area contributed by atoms with Crippen LogP contribution in [0, 0.1) is 0 Å². The zero-order valence-corrected chi connectivity index (χ0v) is 20.6. The molecule has 2 aromatic carbocycles. The molecule has 1 amide bonds. The predicted octanol–water partition coefficient (Wildman–Crippen LogP) is 4.67. The molecule has 0 spiro atoms. The summed E-state index contributed by atoms with van der Waals surface area (Å²) >= 11 is 1.37. The first-order valence-corrected chi connectivity index (χ1v) is 12.1. The molecule has 4 aromatic rings. The van der Waals surface area contributed by atoms with Crippen molar-refractivity contribution in [2.75, 3.05) is 18.2 Å². The molecule has 0 fully saturated rings.